The molecule has 0 unspecified atom stereocenters. The van der Waals surface area contributed by atoms with Crippen LogP contribution in [0.25, 0.3) is 17.0 Å². The maximum absolute atomic E-state index is 5.53. The smallest absolute Gasteiger partial charge is 0.237 e. The lowest BCUT2D eigenvalue weighted by Crippen LogP contribution is -2.37. The van der Waals surface area contributed by atoms with Gasteiger partial charge in [0.2, 0.25) is 5.95 Å². The zero-order valence-corrected chi connectivity index (χ0v) is 16.5. The molecule has 9 heteroatoms. The summed E-state index contributed by atoms with van der Waals surface area (Å²) in [5, 5.41) is 0. The molecule has 29 heavy (non-hydrogen) atoms. The van der Waals surface area contributed by atoms with E-state index in [1.807, 2.05) is 24.9 Å². The molecule has 0 spiro atoms. The fourth-order valence-electron chi connectivity index (χ4n) is 3.38. The van der Waals surface area contributed by atoms with Crippen LogP contribution in [0.4, 0.5) is 5.82 Å². The first kappa shape index (κ1) is 21.1. The van der Waals surface area contributed by atoms with Gasteiger partial charge in [-0.05, 0) is 25.7 Å². The highest BCUT2D eigenvalue weighted by Crippen LogP contribution is 2.28. The van der Waals surface area contributed by atoms with Crippen molar-refractivity contribution in [1.29, 1.82) is 0 Å². The van der Waals surface area contributed by atoms with Crippen LogP contribution < -0.4 is 4.90 Å². The minimum atomic E-state index is 0. The van der Waals surface area contributed by atoms with E-state index in [0.717, 1.165) is 47.7 Å². The molecule has 0 amide bonds. The van der Waals surface area contributed by atoms with E-state index in [1.165, 1.54) is 0 Å². The summed E-state index contributed by atoms with van der Waals surface area (Å²) in [5.74, 6) is 1.42. The predicted octanol–water partition coefficient (Wildman–Crippen LogP) is 1.89. The molecule has 3 aromatic heterocycles. The van der Waals surface area contributed by atoms with Gasteiger partial charge in [-0.1, -0.05) is 7.43 Å². The Labute approximate surface area is 171 Å². The molecule has 3 aromatic rings. The van der Waals surface area contributed by atoms with Crippen LogP contribution in [0.2, 0.25) is 0 Å². The molecule has 0 aliphatic carbocycles. The van der Waals surface area contributed by atoms with Gasteiger partial charge in [-0.15, -0.1) is 0 Å². The van der Waals surface area contributed by atoms with Crippen molar-refractivity contribution in [1.82, 2.24) is 29.4 Å². The van der Waals surface area contributed by atoms with Crippen molar-refractivity contribution in [3.8, 4) is 5.95 Å². The lowest BCUT2D eigenvalue weighted by molar-refractivity contribution is 0.122. The zero-order chi connectivity index (χ0) is 19.5. The molecule has 1 aliphatic heterocycles. The first-order chi connectivity index (χ1) is 13.7. The molecule has 1 aliphatic rings. The molecule has 0 atom stereocenters. The first-order valence-corrected chi connectivity index (χ1v) is 9.31. The molecule has 0 saturated carbocycles. The molecule has 0 N–H and O–H groups in total. The SMILES string of the molecule is C.COCc1cc(CN(C)C)c2nc(-n3ccnc3)nc(N3CCOCC3)c2n1. The van der Waals surface area contributed by atoms with Gasteiger partial charge < -0.3 is 19.3 Å². The number of aromatic nitrogens is 5. The highest BCUT2D eigenvalue weighted by atomic mass is 16.5. The first-order valence-electron chi connectivity index (χ1n) is 9.31. The van der Waals surface area contributed by atoms with Crippen molar-refractivity contribution in [3.05, 3.63) is 36.0 Å². The summed E-state index contributed by atoms with van der Waals surface area (Å²) in [7, 11) is 5.77. The normalized spacial score (nSPS) is 14.4. The monoisotopic (exact) mass is 399 g/mol. The van der Waals surface area contributed by atoms with Gasteiger partial charge in [0.15, 0.2) is 5.82 Å². The number of hydrogen-bond acceptors (Lipinski definition) is 8. The maximum Gasteiger partial charge on any atom is 0.237 e. The van der Waals surface area contributed by atoms with Gasteiger partial charge in [-0.25, -0.2) is 15.0 Å². The van der Waals surface area contributed by atoms with Crippen molar-refractivity contribution >= 4 is 16.9 Å². The Hall–Kier alpha value is -2.62. The largest absolute Gasteiger partial charge is 0.378 e. The molecule has 9 nitrogen and oxygen atoms in total. The van der Waals surface area contributed by atoms with Crippen LogP contribution in [0.15, 0.2) is 24.8 Å². The number of hydrogen-bond donors (Lipinski definition) is 0. The summed E-state index contributed by atoms with van der Waals surface area (Å²) < 4.78 is 12.7. The second kappa shape index (κ2) is 9.25. The number of morpholine rings is 1. The van der Waals surface area contributed by atoms with E-state index in [9.17, 15) is 0 Å². The number of anilines is 1. The van der Waals surface area contributed by atoms with E-state index >= 15 is 0 Å². The summed E-state index contributed by atoms with van der Waals surface area (Å²) >= 11 is 0. The molecule has 0 radical (unpaired) electrons. The second-order valence-corrected chi connectivity index (χ2v) is 7.06. The van der Waals surface area contributed by atoms with Crippen LogP contribution in [-0.4, -0.2) is 76.9 Å². The van der Waals surface area contributed by atoms with Gasteiger partial charge in [0.25, 0.3) is 0 Å². The van der Waals surface area contributed by atoms with Crippen LogP contribution in [0.1, 0.15) is 18.7 Å². The van der Waals surface area contributed by atoms with Crippen molar-refractivity contribution in [2.75, 3.05) is 52.4 Å². The summed E-state index contributed by atoms with van der Waals surface area (Å²) in [6.45, 7) is 4.09. The lowest BCUT2D eigenvalue weighted by atomic mass is 10.1. The Bertz CT molecular complexity index is 938. The maximum atomic E-state index is 5.53. The third kappa shape index (κ3) is 4.52. The number of nitrogens with zero attached hydrogens (tertiary/aromatic N) is 7. The van der Waals surface area contributed by atoms with Crippen LogP contribution >= 0.6 is 0 Å². The molecule has 0 aromatic carbocycles. The molecule has 0 bridgehead atoms. The average Bonchev–Trinajstić information content (AvgIpc) is 3.23. The lowest BCUT2D eigenvalue weighted by Gasteiger charge is -2.29. The van der Waals surface area contributed by atoms with E-state index in [4.69, 9.17) is 24.4 Å². The fraction of sp³-hybridized carbons (Fsp3) is 0.500. The molecule has 156 valence electrons. The van der Waals surface area contributed by atoms with Gasteiger partial charge in [0.05, 0.1) is 25.5 Å². The molecule has 1 saturated heterocycles. The minimum absolute atomic E-state index is 0. The van der Waals surface area contributed by atoms with E-state index < -0.39 is 0 Å². The molecular weight excluding hydrogens is 370 g/mol. The molecular formula is C20H29N7O2. The average molecular weight is 399 g/mol. The van der Waals surface area contributed by atoms with Crippen LogP contribution in [0.5, 0.6) is 0 Å². The van der Waals surface area contributed by atoms with E-state index in [0.29, 0.717) is 25.8 Å². The summed E-state index contributed by atoms with van der Waals surface area (Å²) in [6, 6.07) is 2.07. The predicted molar refractivity (Wildman–Crippen MR) is 112 cm³/mol. The number of pyridine rings is 1. The second-order valence-electron chi connectivity index (χ2n) is 7.06. The summed E-state index contributed by atoms with van der Waals surface area (Å²) in [6.07, 6.45) is 5.29. The number of rotatable bonds is 6. The highest BCUT2D eigenvalue weighted by molar-refractivity contribution is 5.89. The van der Waals surface area contributed by atoms with Gasteiger partial charge in [-0.3, -0.25) is 4.57 Å². The quantitative estimate of drug-likeness (QED) is 0.622. The number of methoxy groups -OCH3 is 1. The Balaban J connectivity index is 0.00000240. The number of imidazole rings is 1. The van der Waals surface area contributed by atoms with E-state index in [-0.39, 0.29) is 7.43 Å². The number of ether oxygens (including phenoxy) is 2. The van der Waals surface area contributed by atoms with Crippen molar-refractivity contribution in [2.24, 2.45) is 0 Å². The van der Waals surface area contributed by atoms with E-state index in [1.54, 1.807) is 19.6 Å². The Morgan fingerprint density at radius 1 is 1.14 bits per heavy atom. The minimum Gasteiger partial charge on any atom is -0.378 e. The van der Waals surface area contributed by atoms with Gasteiger partial charge >= 0.3 is 0 Å². The van der Waals surface area contributed by atoms with Crippen molar-refractivity contribution in [3.63, 3.8) is 0 Å². The summed E-state index contributed by atoms with van der Waals surface area (Å²) in [4.78, 5) is 23.0. The fourth-order valence-corrected chi connectivity index (χ4v) is 3.38. The standard InChI is InChI=1S/C19H25N7O2.CH4/c1-24(2)11-14-10-15(12-27-3)21-17-16(14)22-19(26-5-4-20-13-26)23-18(17)25-6-8-28-9-7-25;/h4-5,10,13H,6-9,11-12H2,1-3H3;1H4. The Morgan fingerprint density at radius 2 is 1.93 bits per heavy atom. The molecule has 4 heterocycles. The Morgan fingerprint density at radius 3 is 2.59 bits per heavy atom. The van der Waals surface area contributed by atoms with Gasteiger partial charge in [0, 0.05) is 39.1 Å². The molecule has 4 rings (SSSR count). The van der Waals surface area contributed by atoms with Crippen molar-refractivity contribution < 1.29 is 9.47 Å². The van der Waals surface area contributed by atoms with Crippen LogP contribution in [0.3, 0.4) is 0 Å². The topological polar surface area (TPSA) is 81.4 Å². The molecule has 1 fully saturated rings. The van der Waals surface area contributed by atoms with Crippen molar-refractivity contribution in [2.45, 2.75) is 20.6 Å². The third-order valence-electron chi connectivity index (χ3n) is 4.58. The van der Waals surface area contributed by atoms with Crippen LogP contribution in [0, 0.1) is 0 Å². The Kier molecular flexibility index (Phi) is 6.73. The van der Waals surface area contributed by atoms with Crippen LogP contribution in [-0.2, 0) is 22.6 Å². The zero-order valence-electron chi connectivity index (χ0n) is 16.5. The third-order valence-corrected chi connectivity index (χ3v) is 4.58. The number of fused-ring (bicyclic) bond motifs is 1. The van der Waals surface area contributed by atoms with E-state index in [2.05, 4.69) is 20.9 Å². The van der Waals surface area contributed by atoms with Gasteiger partial charge in [-0.2, -0.15) is 4.98 Å². The summed E-state index contributed by atoms with van der Waals surface area (Å²) in [5.41, 5.74) is 3.63. The van der Waals surface area contributed by atoms with Gasteiger partial charge in [0.1, 0.15) is 17.4 Å². The highest BCUT2D eigenvalue weighted by Gasteiger charge is 2.21.